The summed E-state index contributed by atoms with van der Waals surface area (Å²) in [5.74, 6) is 0.425. The molecular weight excluding hydrogens is 261 g/mol. The standard InChI is InChI=1S/C15H22FNOS/c1-12-7-8-14(16)13(11-12)15(18)17-9-5-3-4-6-10-19-2/h7-8,11H,3-6,9-10H2,1-2H3,(H,17,18). The van der Waals surface area contributed by atoms with Gasteiger partial charge in [0.25, 0.3) is 5.91 Å². The number of thioether (sulfide) groups is 1. The molecule has 0 spiro atoms. The molecule has 1 rings (SSSR count). The summed E-state index contributed by atoms with van der Waals surface area (Å²) < 4.78 is 13.5. The molecule has 0 saturated heterocycles. The summed E-state index contributed by atoms with van der Waals surface area (Å²) in [6.07, 6.45) is 6.58. The van der Waals surface area contributed by atoms with Gasteiger partial charge in [-0.3, -0.25) is 4.79 Å². The van der Waals surface area contributed by atoms with Gasteiger partial charge in [0, 0.05) is 6.54 Å². The minimum atomic E-state index is -0.455. The van der Waals surface area contributed by atoms with E-state index >= 15 is 0 Å². The first-order chi connectivity index (χ1) is 9.15. The van der Waals surface area contributed by atoms with Gasteiger partial charge in [0.2, 0.25) is 0 Å². The van der Waals surface area contributed by atoms with Crippen molar-refractivity contribution in [2.75, 3.05) is 18.6 Å². The van der Waals surface area contributed by atoms with Crippen LogP contribution in [0.3, 0.4) is 0 Å². The Bertz CT molecular complexity index is 409. The van der Waals surface area contributed by atoms with Crippen LogP contribution in [0.1, 0.15) is 41.6 Å². The van der Waals surface area contributed by atoms with Crippen LogP contribution in [0.2, 0.25) is 0 Å². The predicted octanol–water partition coefficient (Wildman–Crippen LogP) is 3.79. The Morgan fingerprint density at radius 1 is 1.26 bits per heavy atom. The van der Waals surface area contributed by atoms with Crippen LogP contribution in [0.4, 0.5) is 4.39 Å². The summed E-state index contributed by atoms with van der Waals surface area (Å²) >= 11 is 1.86. The molecule has 0 saturated carbocycles. The molecule has 0 aliphatic carbocycles. The predicted molar refractivity (Wildman–Crippen MR) is 80.3 cm³/mol. The maximum atomic E-state index is 13.5. The number of hydrogen-bond donors (Lipinski definition) is 1. The third-order valence-electron chi connectivity index (χ3n) is 2.93. The van der Waals surface area contributed by atoms with Gasteiger partial charge in [-0.05, 0) is 43.9 Å². The van der Waals surface area contributed by atoms with Crippen molar-refractivity contribution in [3.05, 3.63) is 35.1 Å². The number of aryl methyl sites for hydroxylation is 1. The molecule has 0 heterocycles. The molecule has 0 aromatic heterocycles. The topological polar surface area (TPSA) is 29.1 Å². The number of carbonyl (C=O) groups is 1. The first-order valence-electron chi connectivity index (χ1n) is 6.68. The lowest BCUT2D eigenvalue weighted by atomic mass is 10.1. The van der Waals surface area contributed by atoms with Gasteiger partial charge in [-0.25, -0.2) is 4.39 Å². The highest BCUT2D eigenvalue weighted by molar-refractivity contribution is 7.98. The van der Waals surface area contributed by atoms with Crippen LogP contribution in [0.5, 0.6) is 0 Å². The highest BCUT2D eigenvalue weighted by atomic mass is 32.2. The van der Waals surface area contributed by atoms with Gasteiger partial charge in [-0.1, -0.05) is 24.5 Å². The first kappa shape index (κ1) is 16.0. The Kier molecular flexibility index (Phi) is 7.56. The van der Waals surface area contributed by atoms with E-state index in [4.69, 9.17) is 0 Å². The molecule has 0 bridgehead atoms. The Balaban J connectivity index is 2.26. The van der Waals surface area contributed by atoms with Crippen LogP contribution in [-0.4, -0.2) is 24.5 Å². The zero-order valence-electron chi connectivity index (χ0n) is 11.7. The van der Waals surface area contributed by atoms with Gasteiger partial charge in [-0.2, -0.15) is 11.8 Å². The van der Waals surface area contributed by atoms with E-state index in [9.17, 15) is 9.18 Å². The highest BCUT2D eigenvalue weighted by Gasteiger charge is 2.10. The molecule has 4 heteroatoms. The molecule has 2 nitrogen and oxygen atoms in total. The summed E-state index contributed by atoms with van der Waals surface area (Å²) in [5, 5.41) is 2.77. The lowest BCUT2D eigenvalue weighted by molar-refractivity contribution is 0.0949. The molecule has 0 unspecified atom stereocenters. The second-order valence-corrected chi connectivity index (χ2v) is 5.63. The summed E-state index contributed by atoms with van der Waals surface area (Å²) in [4.78, 5) is 11.8. The van der Waals surface area contributed by atoms with E-state index in [1.54, 1.807) is 12.1 Å². The van der Waals surface area contributed by atoms with E-state index in [0.29, 0.717) is 6.54 Å². The highest BCUT2D eigenvalue weighted by Crippen LogP contribution is 2.10. The van der Waals surface area contributed by atoms with Crippen LogP contribution in [0.25, 0.3) is 0 Å². The fourth-order valence-corrected chi connectivity index (χ4v) is 2.33. The molecule has 0 aliphatic heterocycles. The second kappa shape index (κ2) is 8.97. The first-order valence-corrected chi connectivity index (χ1v) is 8.08. The molecule has 106 valence electrons. The molecule has 1 N–H and O–H groups in total. The van der Waals surface area contributed by atoms with Crippen molar-refractivity contribution in [2.24, 2.45) is 0 Å². The van der Waals surface area contributed by atoms with Crippen molar-refractivity contribution in [3.8, 4) is 0 Å². The SMILES string of the molecule is CSCCCCCCNC(=O)c1cc(C)ccc1F. The Morgan fingerprint density at radius 2 is 2.00 bits per heavy atom. The Hall–Kier alpha value is -1.03. The molecular formula is C15H22FNOS. The summed E-state index contributed by atoms with van der Waals surface area (Å²) in [5.41, 5.74) is 1.03. The van der Waals surface area contributed by atoms with Crippen molar-refractivity contribution >= 4 is 17.7 Å². The van der Waals surface area contributed by atoms with Crippen LogP contribution in [0, 0.1) is 12.7 Å². The number of amides is 1. The number of halogens is 1. The smallest absolute Gasteiger partial charge is 0.254 e. The number of unbranched alkanes of at least 4 members (excludes halogenated alkanes) is 3. The number of carbonyl (C=O) groups excluding carboxylic acids is 1. The number of benzene rings is 1. The second-order valence-electron chi connectivity index (χ2n) is 4.65. The summed E-state index contributed by atoms with van der Waals surface area (Å²) in [6, 6.07) is 4.59. The largest absolute Gasteiger partial charge is 0.352 e. The van der Waals surface area contributed by atoms with Crippen LogP contribution >= 0.6 is 11.8 Å². The average Bonchev–Trinajstić information content (AvgIpc) is 2.40. The van der Waals surface area contributed by atoms with Gasteiger partial charge >= 0.3 is 0 Å². The van der Waals surface area contributed by atoms with E-state index in [2.05, 4.69) is 11.6 Å². The average molecular weight is 283 g/mol. The number of nitrogens with one attached hydrogen (secondary N) is 1. The zero-order chi connectivity index (χ0) is 14.1. The minimum absolute atomic E-state index is 0.141. The third-order valence-corrected chi connectivity index (χ3v) is 3.62. The minimum Gasteiger partial charge on any atom is -0.352 e. The van der Waals surface area contributed by atoms with Crippen molar-refractivity contribution < 1.29 is 9.18 Å². The van der Waals surface area contributed by atoms with Gasteiger partial charge < -0.3 is 5.32 Å². The summed E-state index contributed by atoms with van der Waals surface area (Å²) in [7, 11) is 0. The quantitative estimate of drug-likeness (QED) is 0.735. The van der Waals surface area contributed by atoms with Gasteiger partial charge in [0.05, 0.1) is 5.56 Å². The van der Waals surface area contributed by atoms with Crippen molar-refractivity contribution in [2.45, 2.75) is 32.6 Å². The molecule has 19 heavy (non-hydrogen) atoms. The van der Waals surface area contributed by atoms with Crippen molar-refractivity contribution in [1.29, 1.82) is 0 Å². The summed E-state index contributed by atoms with van der Waals surface area (Å²) in [6.45, 7) is 2.47. The monoisotopic (exact) mass is 283 g/mol. The molecule has 0 fully saturated rings. The van der Waals surface area contributed by atoms with Crippen LogP contribution in [0.15, 0.2) is 18.2 Å². The molecule has 1 aromatic rings. The van der Waals surface area contributed by atoms with E-state index in [1.807, 2.05) is 18.7 Å². The van der Waals surface area contributed by atoms with E-state index in [-0.39, 0.29) is 11.5 Å². The lowest BCUT2D eigenvalue weighted by Gasteiger charge is -2.07. The van der Waals surface area contributed by atoms with E-state index in [1.165, 1.54) is 24.7 Å². The molecule has 0 aliphatic rings. The Morgan fingerprint density at radius 3 is 2.74 bits per heavy atom. The molecule has 0 atom stereocenters. The maximum Gasteiger partial charge on any atom is 0.254 e. The fraction of sp³-hybridized carbons (Fsp3) is 0.533. The lowest BCUT2D eigenvalue weighted by Crippen LogP contribution is -2.25. The van der Waals surface area contributed by atoms with E-state index < -0.39 is 5.82 Å². The van der Waals surface area contributed by atoms with Gasteiger partial charge in [-0.15, -0.1) is 0 Å². The van der Waals surface area contributed by atoms with Crippen molar-refractivity contribution in [3.63, 3.8) is 0 Å². The van der Waals surface area contributed by atoms with E-state index in [0.717, 1.165) is 18.4 Å². The fourth-order valence-electron chi connectivity index (χ4n) is 1.84. The maximum absolute atomic E-state index is 13.5. The van der Waals surface area contributed by atoms with Gasteiger partial charge in [0.1, 0.15) is 5.82 Å². The van der Waals surface area contributed by atoms with Gasteiger partial charge in [0.15, 0.2) is 0 Å². The normalized spacial score (nSPS) is 10.5. The third kappa shape index (κ3) is 6.10. The number of rotatable bonds is 8. The van der Waals surface area contributed by atoms with Crippen LogP contribution < -0.4 is 5.32 Å². The van der Waals surface area contributed by atoms with Crippen molar-refractivity contribution in [1.82, 2.24) is 5.32 Å². The molecule has 0 radical (unpaired) electrons. The zero-order valence-corrected chi connectivity index (χ0v) is 12.5. The van der Waals surface area contributed by atoms with Crippen LogP contribution in [-0.2, 0) is 0 Å². The number of hydrogen-bond acceptors (Lipinski definition) is 2. The Labute approximate surface area is 119 Å². The molecule has 1 amide bonds. The molecule has 1 aromatic carbocycles.